The maximum Gasteiger partial charge on any atom is 0.144 e. The van der Waals surface area contributed by atoms with Gasteiger partial charge in [-0.05, 0) is 24.8 Å². The van der Waals surface area contributed by atoms with Gasteiger partial charge in [-0.25, -0.2) is 9.97 Å². The quantitative estimate of drug-likeness (QED) is 0.657. The van der Waals surface area contributed by atoms with E-state index in [1.807, 2.05) is 13.0 Å². The lowest BCUT2D eigenvalue weighted by Gasteiger charge is -2.27. The van der Waals surface area contributed by atoms with Crippen LogP contribution >= 0.6 is 11.6 Å². The fourth-order valence-corrected chi connectivity index (χ4v) is 3.68. The van der Waals surface area contributed by atoms with Crippen molar-refractivity contribution in [2.24, 2.45) is 5.73 Å². The minimum Gasteiger partial charge on any atom is -0.354 e. The van der Waals surface area contributed by atoms with E-state index in [2.05, 4.69) is 53.0 Å². The highest BCUT2D eigenvalue weighted by Gasteiger charge is 2.21. The zero-order valence-electron chi connectivity index (χ0n) is 15.6. The number of rotatable bonds is 7. The molecule has 3 aromatic rings. The lowest BCUT2D eigenvalue weighted by molar-refractivity contribution is 0.681. The molecule has 1 aromatic carbocycles. The zero-order valence-corrected chi connectivity index (χ0v) is 16.3. The number of aryl methyl sites for hydroxylation is 2. The van der Waals surface area contributed by atoms with Gasteiger partial charge in [0.25, 0.3) is 0 Å². The Kier molecular flexibility index (Phi) is 5.79. The van der Waals surface area contributed by atoms with Crippen molar-refractivity contribution in [2.75, 3.05) is 24.5 Å². The van der Waals surface area contributed by atoms with Crippen LogP contribution in [0.3, 0.4) is 0 Å². The molecule has 3 rings (SSSR count). The molecule has 2 aromatic heterocycles. The third-order valence-corrected chi connectivity index (χ3v) is 5.09. The SMILES string of the molecule is CCc1[nH]c2nc(C)nc(N(CCN)CC(C)c3ccccc3)c2c1Cl. The van der Waals surface area contributed by atoms with Crippen LogP contribution in [0.5, 0.6) is 0 Å². The number of nitrogens with two attached hydrogens (primary N) is 1. The van der Waals surface area contributed by atoms with E-state index in [9.17, 15) is 0 Å². The van der Waals surface area contributed by atoms with E-state index in [1.54, 1.807) is 0 Å². The molecule has 0 amide bonds. The lowest BCUT2D eigenvalue weighted by atomic mass is 10.0. The summed E-state index contributed by atoms with van der Waals surface area (Å²) in [5, 5.41) is 1.61. The number of nitrogens with zero attached hydrogens (tertiary/aromatic N) is 3. The van der Waals surface area contributed by atoms with Gasteiger partial charge in [0.1, 0.15) is 17.3 Å². The minimum atomic E-state index is 0.344. The molecule has 0 saturated carbocycles. The first-order valence-corrected chi connectivity index (χ1v) is 9.47. The van der Waals surface area contributed by atoms with Crippen LogP contribution in [0.1, 0.15) is 36.8 Å². The summed E-state index contributed by atoms with van der Waals surface area (Å²) in [6, 6.07) is 10.5. The summed E-state index contributed by atoms with van der Waals surface area (Å²) in [5.74, 6) is 1.93. The maximum atomic E-state index is 6.64. The molecule has 1 unspecified atom stereocenters. The number of aromatic nitrogens is 3. The lowest BCUT2D eigenvalue weighted by Crippen LogP contribution is -2.33. The second kappa shape index (κ2) is 8.06. The smallest absolute Gasteiger partial charge is 0.144 e. The summed E-state index contributed by atoms with van der Waals surface area (Å²) >= 11 is 6.64. The molecule has 138 valence electrons. The number of halogens is 1. The van der Waals surface area contributed by atoms with E-state index in [1.165, 1.54) is 5.56 Å². The molecule has 0 aliphatic heterocycles. The fourth-order valence-electron chi connectivity index (χ4n) is 3.33. The van der Waals surface area contributed by atoms with Crippen LogP contribution in [0.4, 0.5) is 5.82 Å². The molecule has 3 N–H and O–H groups in total. The Morgan fingerprint density at radius 1 is 1.23 bits per heavy atom. The molecule has 26 heavy (non-hydrogen) atoms. The summed E-state index contributed by atoms with van der Waals surface area (Å²) in [6.45, 7) is 8.28. The number of anilines is 1. The average Bonchev–Trinajstić information content (AvgIpc) is 2.97. The number of benzene rings is 1. The van der Waals surface area contributed by atoms with Crippen molar-refractivity contribution in [2.45, 2.75) is 33.1 Å². The Morgan fingerprint density at radius 2 is 1.96 bits per heavy atom. The van der Waals surface area contributed by atoms with Crippen LogP contribution in [-0.4, -0.2) is 34.6 Å². The molecule has 5 nitrogen and oxygen atoms in total. The number of aromatic amines is 1. The number of H-pyrrole nitrogens is 1. The number of hydrogen-bond donors (Lipinski definition) is 2. The van der Waals surface area contributed by atoms with Gasteiger partial charge in [-0.3, -0.25) is 0 Å². The molecule has 2 heterocycles. The van der Waals surface area contributed by atoms with Gasteiger partial charge in [-0.1, -0.05) is 55.8 Å². The summed E-state index contributed by atoms with van der Waals surface area (Å²) in [6.07, 6.45) is 0.824. The fraction of sp³-hybridized carbons (Fsp3) is 0.400. The first-order chi connectivity index (χ1) is 12.5. The predicted molar refractivity (Wildman–Crippen MR) is 109 cm³/mol. The Bertz CT molecular complexity index is 875. The second-order valence-corrected chi connectivity index (χ2v) is 7.01. The summed E-state index contributed by atoms with van der Waals surface area (Å²) in [4.78, 5) is 14.8. The molecule has 0 spiro atoms. The number of nitrogens with one attached hydrogen (secondary N) is 1. The van der Waals surface area contributed by atoms with E-state index >= 15 is 0 Å². The van der Waals surface area contributed by atoms with Crippen LogP contribution in [0.15, 0.2) is 30.3 Å². The Morgan fingerprint density at radius 3 is 2.62 bits per heavy atom. The van der Waals surface area contributed by atoms with Crippen molar-refractivity contribution >= 4 is 28.5 Å². The van der Waals surface area contributed by atoms with E-state index in [-0.39, 0.29) is 0 Å². The van der Waals surface area contributed by atoms with Gasteiger partial charge in [-0.15, -0.1) is 0 Å². The molecule has 0 bridgehead atoms. The van der Waals surface area contributed by atoms with E-state index in [0.717, 1.165) is 41.3 Å². The molecule has 0 aliphatic rings. The largest absolute Gasteiger partial charge is 0.354 e. The average molecular weight is 372 g/mol. The summed E-state index contributed by atoms with van der Waals surface area (Å²) in [7, 11) is 0. The van der Waals surface area contributed by atoms with Crippen LogP contribution in [0.25, 0.3) is 11.0 Å². The van der Waals surface area contributed by atoms with Crippen molar-refractivity contribution in [3.8, 4) is 0 Å². The van der Waals surface area contributed by atoms with E-state index in [4.69, 9.17) is 22.3 Å². The molecule has 0 fully saturated rings. The second-order valence-electron chi connectivity index (χ2n) is 6.64. The summed E-state index contributed by atoms with van der Waals surface area (Å²) < 4.78 is 0. The highest BCUT2D eigenvalue weighted by atomic mass is 35.5. The minimum absolute atomic E-state index is 0.344. The van der Waals surface area contributed by atoms with E-state index in [0.29, 0.717) is 24.0 Å². The Balaban J connectivity index is 2.03. The molecule has 1 atom stereocenters. The molecular weight excluding hydrogens is 346 g/mol. The van der Waals surface area contributed by atoms with E-state index < -0.39 is 0 Å². The molecular formula is C20H26ClN5. The van der Waals surface area contributed by atoms with Crippen LogP contribution in [0.2, 0.25) is 5.02 Å². The van der Waals surface area contributed by atoms with Crippen molar-refractivity contribution < 1.29 is 0 Å². The van der Waals surface area contributed by atoms with Crippen molar-refractivity contribution in [3.63, 3.8) is 0 Å². The molecule has 0 saturated heterocycles. The van der Waals surface area contributed by atoms with Crippen LogP contribution < -0.4 is 10.6 Å². The third kappa shape index (κ3) is 3.69. The van der Waals surface area contributed by atoms with Gasteiger partial charge < -0.3 is 15.6 Å². The molecule has 6 heteroatoms. The third-order valence-electron chi connectivity index (χ3n) is 4.67. The van der Waals surface area contributed by atoms with Crippen molar-refractivity contribution in [1.82, 2.24) is 15.0 Å². The molecule has 0 radical (unpaired) electrons. The standard InChI is InChI=1S/C20H26ClN5/c1-4-16-18(21)17-19(25-16)23-14(3)24-20(17)26(11-10-22)12-13(2)15-8-6-5-7-9-15/h5-9,13H,4,10-12,22H2,1-3H3,(H,23,24,25). The van der Waals surface area contributed by atoms with Gasteiger partial charge in [0.2, 0.25) is 0 Å². The predicted octanol–water partition coefficient (Wildman–Crippen LogP) is 4.05. The molecule has 0 aliphatic carbocycles. The van der Waals surface area contributed by atoms with Crippen molar-refractivity contribution in [3.05, 3.63) is 52.4 Å². The van der Waals surface area contributed by atoms with Gasteiger partial charge in [0.05, 0.1) is 10.4 Å². The monoisotopic (exact) mass is 371 g/mol. The van der Waals surface area contributed by atoms with Crippen LogP contribution in [-0.2, 0) is 6.42 Å². The number of hydrogen-bond acceptors (Lipinski definition) is 4. The summed E-state index contributed by atoms with van der Waals surface area (Å²) in [5.41, 5.74) is 8.99. The topological polar surface area (TPSA) is 70.8 Å². The zero-order chi connectivity index (χ0) is 18.7. The highest BCUT2D eigenvalue weighted by Crippen LogP contribution is 2.34. The van der Waals surface area contributed by atoms with Crippen molar-refractivity contribution in [1.29, 1.82) is 0 Å². The highest BCUT2D eigenvalue weighted by molar-refractivity contribution is 6.37. The van der Waals surface area contributed by atoms with Gasteiger partial charge in [0, 0.05) is 25.3 Å². The van der Waals surface area contributed by atoms with Gasteiger partial charge >= 0.3 is 0 Å². The maximum absolute atomic E-state index is 6.64. The Labute approximate surface area is 159 Å². The first-order valence-electron chi connectivity index (χ1n) is 9.09. The van der Waals surface area contributed by atoms with Gasteiger partial charge in [0.15, 0.2) is 0 Å². The van der Waals surface area contributed by atoms with Crippen LogP contribution in [0, 0.1) is 6.92 Å². The van der Waals surface area contributed by atoms with Gasteiger partial charge in [-0.2, -0.15) is 0 Å². The first kappa shape index (κ1) is 18.7. The Hall–Kier alpha value is -2.11. The number of fused-ring (bicyclic) bond motifs is 1. The normalized spacial score (nSPS) is 12.5.